The van der Waals surface area contributed by atoms with Crippen LogP contribution in [0.15, 0.2) is 30.3 Å². The van der Waals surface area contributed by atoms with Gasteiger partial charge in [0.1, 0.15) is 0 Å². The van der Waals surface area contributed by atoms with Crippen LogP contribution in [0.5, 0.6) is 0 Å². The minimum Gasteiger partial charge on any atom is -0.305 e. The molecule has 0 aliphatic heterocycles. The molecule has 1 aromatic carbocycles. The van der Waals surface area contributed by atoms with Crippen molar-refractivity contribution in [2.45, 2.75) is 6.61 Å². The van der Waals surface area contributed by atoms with Crippen molar-refractivity contribution in [2.75, 3.05) is 0 Å². The van der Waals surface area contributed by atoms with Gasteiger partial charge in [0.05, 0.1) is 6.61 Å². The Kier molecular flexibility index (Phi) is 3.97. The standard InChI is InChI=1S/C7H10NO3P/c8-11-12(9)10-6-7-4-2-1-3-5-7/h1-5,12H,6,8H2. The zero-order chi connectivity index (χ0) is 8.81. The molecule has 0 fully saturated rings. The second kappa shape index (κ2) is 5.06. The molecule has 0 heterocycles. The lowest BCUT2D eigenvalue weighted by Gasteiger charge is -2.00. The van der Waals surface area contributed by atoms with E-state index in [-0.39, 0.29) is 6.61 Å². The second-order valence-corrected chi connectivity index (χ2v) is 3.17. The molecule has 0 radical (unpaired) electrons. The van der Waals surface area contributed by atoms with Gasteiger partial charge >= 0.3 is 8.25 Å². The highest BCUT2D eigenvalue weighted by atomic mass is 31.1. The molecule has 4 nitrogen and oxygen atoms in total. The normalized spacial score (nSPS) is 12.8. The molecule has 1 rings (SSSR count). The molecule has 0 bridgehead atoms. The van der Waals surface area contributed by atoms with Crippen LogP contribution >= 0.6 is 8.25 Å². The van der Waals surface area contributed by atoms with Crippen molar-refractivity contribution in [3.8, 4) is 0 Å². The average molecular weight is 187 g/mol. The van der Waals surface area contributed by atoms with E-state index in [9.17, 15) is 4.57 Å². The Bertz CT molecular complexity index is 252. The molecule has 0 saturated heterocycles. The molecular formula is C7H10NO3P. The van der Waals surface area contributed by atoms with Crippen molar-refractivity contribution in [3.05, 3.63) is 35.9 Å². The minimum absolute atomic E-state index is 0.260. The zero-order valence-corrected chi connectivity index (χ0v) is 7.40. The van der Waals surface area contributed by atoms with Crippen molar-refractivity contribution in [3.63, 3.8) is 0 Å². The van der Waals surface area contributed by atoms with Crippen molar-refractivity contribution in [2.24, 2.45) is 5.90 Å². The lowest BCUT2D eigenvalue weighted by atomic mass is 10.2. The van der Waals surface area contributed by atoms with Gasteiger partial charge < -0.3 is 4.52 Å². The maximum absolute atomic E-state index is 10.6. The van der Waals surface area contributed by atoms with Crippen molar-refractivity contribution in [1.82, 2.24) is 0 Å². The molecule has 1 aromatic rings. The first-order valence-electron chi connectivity index (χ1n) is 3.40. The highest BCUT2D eigenvalue weighted by Crippen LogP contribution is 2.22. The van der Waals surface area contributed by atoms with Crippen molar-refractivity contribution < 1.29 is 13.7 Å². The Morgan fingerprint density at radius 1 is 1.33 bits per heavy atom. The van der Waals surface area contributed by atoms with Crippen LogP contribution < -0.4 is 5.90 Å². The first kappa shape index (κ1) is 9.42. The van der Waals surface area contributed by atoms with Gasteiger partial charge in [0, 0.05) is 0 Å². The summed E-state index contributed by atoms with van der Waals surface area (Å²) < 4.78 is 19.4. The van der Waals surface area contributed by atoms with Gasteiger partial charge in [0.15, 0.2) is 0 Å². The molecule has 0 amide bonds. The van der Waals surface area contributed by atoms with E-state index in [4.69, 9.17) is 4.52 Å². The monoisotopic (exact) mass is 187 g/mol. The highest BCUT2D eigenvalue weighted by molar-refractivity contribution is 7.33. The van der Waals surface area contributed by atoms with Gasteiger partial charge in [0.25, 0.3) is 0 Å². The Labute approximate surface area is 71.2 Å². The second-order valence-electron chi connectivity index (χ2n) is 2.14. The third-order valence-corrected chi connectivity index (χ3v) is 1.87. The zero-order valence-electron chi connectivity index (χ0n) is 6.40. The maximum Gasteiger partial charge on any atom is 0.335 e. The molecule has 0 aliphatic carbocycles. The molecule has 2 N–H and O–H groups in total. The van der Waals surface area contributed by atoms with E-state index < -0.39 is 8.25 Å². The molecule has 5 heteroatoms. The largest absolute Gasteiger partial charge is 0.335 e. The van der Waals surface area contributed by atoms with E-state index in [1.807, 2.05) is 30.3 Å². The van der Waals surface area contributed by atoms with E-state index in [0.717, 1.165) is 5.56 Å². The van der Waals surface area contributed by atoms with E-state index >= 15 is 0 Å². The van der Waals surface area contributed by atoms with Gasteiger partial charge in [-0.3, -0.25) is 4.57 Å². The van der Waals surface area contributed by atoms with Crippen LogP contribution in [-0.4, -0.2) is 0 Å². The Morgan fingerprint density at radius 2 is 2.00 bits per heavy atom. The highest BCUT2D eigenvalue weighted by Gasteiger charge is 1.96. The smallest absolute Gasteiger partial charge is 0.305 e. The topological polar surface area (TPSA) is 61.5 Å². The molecule has 1 unspecified atom stereocenters. The number of nitrogens with two attached hydrogens (primary N) is 1. The summed E-state index contributed by atoms with van der Waals surface area (Å²) in [6.45, 7) is 0.260. The molecule has 1 atom stereocenters. The lowest BCUT2D eigenvalue weighted by molar-refractivity contribution is 0.223. The summed E-state index contributed by atoms with van der Waals surface area (Å²) in [4.78, 5) is 0. The fourth-order valence-corrected chi connectivity index (χ4v) is 1.10. The van der Waals surface area contributed by atoms with Crippen LogP contribution in [0.25, 0.3) is 0 Å². The molecule has 12 heavy (non-hydrogen) atoms. The molecule has 0 aliphatic rings. The van der Waals surface area contributed by atoms with Gasteiger partial charge in [0.2, 0.25) is 0 Å². The van der Waals surface area contributed by atoms with Crippen molar-refractivity contribution in [1.29, 1.82) is 0 Å². The van der Waals surface area contributed by atoms with Crippen LogP contribution in [-0.2, 0) is 20.3 Å². The first-order valence-corrected chi connectivity index (χ1v) is 4.63. The van der Waals surface area contributed by atoms with Crippen LogP contribution in [0.2, 0.25) is 0 Å². The summed E-state index contributed by atoms with van der Waals surface area (Å²) in [5.41, 5.74) is 0.938. The molecule has 0 aromatic heterocycles. The Balaban J connectivity index is 2.38. The Morgan fingerprint density at radius 3 is 2.58 bits per heavy atom. The van der Waals surface area contributed by atoms with E-state index in [1.165, 1.54) is 0 Å². The third-order valence-electron chi connectivity index (χ3n) is 1.30. The van der Waals surface area contributed by atoms with E-state index in [1.54, 1.807) is 0 Å². The first-order chi connectivity index (χ1) is 5.83. The van der Waals surface area contributed by atoms with Crippen molar-refractivity contribution >= 4 is 8.25 Å². The number of benzene rings is 1. The molecular weight excluding hydrogens is 177 g/mol. The Hall–Kier alpha value is -0.670. The van der Waals surface area contributed by atoms with Gasteiger partial charge in [-0.25, -0.2) is 10.5 Å². The predicted molar refractivity (Wildman–Crippen MR) is 45.5 cm³/mol. The van der Waals surface area contributed by atoms with Gasteiger partial charge in [-0.2, -0.15) is 0 Å². The molecule has 66 valence electrons. The summed E-state index contributed by atoms with van der Waals surface area (Å²) in [5.74, 6) is 4.64. The lowest BCUT2D eigenvalue weighted by Crippen LogP contribution is -1.91. The van der Waals surface area contributed by atoms with E-state index in [0.29, 0.717) is 0 Å². The van der Waals surface area contributed by atoms with Gasteiger partial charge in [-0.1, -0.05) is 30.3 Å². The minimum atomic E-state index is -2.50. The van der Waals surface area contributed by atoms with Gasteiger partial charge in [-0.05, 0) is 5.56 Å². The summed E-state index contributed by atoms with van der Waals surface area (Å²) in [6.07, 6.45) is 0. The average Bonchev–Trinajstić information content (AvgIpc) is 2.16. The van der Waals surface area contributed by atoms with E-state index in [2.05, 4.69) is 10.5 Å². The SMILES string of the molecule is NO[PH](=O)OCc1ccccc1. The summed E-state index contributed by atoms with van der Waals surface area (Å²) in [7, 11) is -2.50. The molecule has 0 saturated carbocycles. The fraction of sp³-hybridized carbons (Fsp3) is 0.143. The summed E-state index contributed by atoms with van der Waals surface area (Å²) in [5, 5.41) is 0. The predicted octanol–water partition coefficient (Wildman–Crippen LogP) is 1.48. The van der Waals surface area contributed by atoms with Gasteiger partial charge in [-0.15, -0.1) is 0 Å². The summed E-state index contributed by atoms with van der Waals surface area (Å²) >= 11 is 0. The van der Waals surface area contributed by atoms with Crippen LogP contribution in [0.4, 0.5) is 0 Å². The van der Waals surface area contributed by atoms with Crippen LogP contribution in [0.1, 0.15) is 5.56 Å². The number of hydrogen-bond donors (Lipinski definition) is 1. The third kappa shape index (κ3) is 3.15. The van der Waals surface area contributed by atoms with Crippen LogP contribution in [0, 0.1) is 0 Å². The summed E-state index contributed by atoms with van der Waals surface area (Å²) in [6, 6.07) is 9.38. The fourth-order valence-electron chi connectivity index (χ4n) is 0.751. The number of hydrogen-bond acceptors (Lipinski definition) is 4. The number of rotatable bonds is 4. The maximum atomic E-state index is 10.6. The van der Waals surface area contributed by atoms with Crippen LogP contribution in [0.3, 0.4) is 0 Å². The molecule has 0 spiro atoms. The quantitative estimate of drug-likeness (QED) is 0.572.